The molecule has 0 heterocycles. The number of hydrogen-bond donors (Lipinski definition) is 1. The van der Waals surface area contributed by atoms with Crippen LogP contribution in [0.25, 0.3) is 0 Å². The molecule has 1 aromatic rings. The molecule has 1 radical (unpaired) electrons. The Morgan fingerprint density at radius 2 is 2.00 bits per heavy atom. The standard InChI is InChI=1S/C10H10NO3/c11-10(13)5-6-14-9-3-1-8(7-12)2-4-9/h1-4H,5-6H2,(H2,11,13). The SMILES string of the molecule is NC(=O)CCOc1ccc([C]=O)cc1. The Bertz CT molecular complexity index is 319. The molecule has 0 aliphatic heterocycles. The molecule has 0 unspecified atom stereocenters. The molecule has 73 valence electrons. The van der Waals surface area contributed by atoms with Gasteiger partial charge in [0.1, 0.15) is 5.75 Å². The lowest BCUT2D eigenvalue weighted by Gasteiger charge is -2.03. The Kier molecular flexibility index (Phi) is 3.67. The topological polar surface area (TPSA) is 69.4 Å². The molecule has 2 N–H and O–H groups in total. The van der Waals surface area contributed by atoms with Gasteiger partial charge in [-0.25, -0.2) is 0 Å². The molecule has 0 bridgehead atoms. The van der Waals surface area contributed by atoms with Crippen molar-refractivity contribution in [1.29, 1.82) is 0 Å². The maximum atomic E-state index is 10.4. The molecule has 14 heavy (non-hydrogen) atoms. The van der Waals surface area contributed by atoms with Crippen molar-refractivity contribution in [3.8, 4) is 5.75 Å². The predicted molar refractivity (Wildman–Crippen MR) is 50.5 cm³/mol. The Morgan fingerprint density at radius 3 is 2.50 bits per heavy atom. The summed E-state index contributed by atoms with van der Waals surface area (Å²) in [7, 11) is 0. The fourth-order valence-electron chi connectivity index (χ4n) is 0.889. The van der Waals surface area contributed by atoms with Crippen LogP contribution in [0.5, 0.6) is 5.75 Å². The van der Waals surface area contributed by atoms with Gasteiger partial charge in [-0.1, -0.05) is 0 Å². The highest BCUT2D eigenvalue weighted by atomic mass is 16.5. The number of hydrogen-bond acceptors (Lipinski definition) is 3. The van der Waals surface area contributed by atoms with Gasteiger partial charge in [0.05, 0.1) is 13.0 Å². The van der Waals surface area contributed by atoms with Crippen LogP contribution in [0.1, 0.15) is 12.0 Å². The first kappa shape index (κ1) is 10.2. The zero-order chi connectivity index (χ0) is 10.4. The van der Waals surface area contributed by atoms with Crippen molar-refractivity contribution >= 4 is 12.2 Å². The molecular formula is C10H10NO3. The van der Waals surface area contributed by atoms with Crippen LogP contribution in [-0.4, -0.2) is 18.8 Å². The number of nitrogens with two attached hydrogens (primary N) is 1. The molecule has 1 rings (SSSR count). The van der Waals surface area contributed by atoms with Crippen molar-refractivity contribution in [1.82, 2.24) is 0 Å². The average Bonchev–Trinajstić information content (AvgIpc) is 2.18. The summed E-state index contributed by atoms with van der Waals surface area (Å²) in [6, 6.07) is 6.46. The number of amides is 1. The van der Waals surface area contributed by atoms with E-state index in [-0.39, 0.29) is 13.0 Å². The van der Waals surface area contributed by atoms with Crippen molar-refractivity contribution in [3.05, 3.63) is 29.8 Å². The third-order valence-corrected chi connectivity index (χ3v) is 1.59. The minimum atomic E-state index is -0.400. The van der Waals surface area contributed by atoms with E-state index < -0.39 is 5.91 Å². The van der Waals surface area contributed by atoms with E-state index in [0.717, 1.165) is 0 Å². The lowest BCUT2D eigenvalue weighted by molar-refractivity contribution is -0.118. The smallest absolute Gasteiger partial charge is 0.233 e. The van der Waals surface area contributed by atoms with E-state index in [4.69, 9.17) is 10.5 Å². The fourth-order valence-corrected chi connectivity index (χ4v) is 0.889. The van der Waals surface area contributed by atoms with Crippen LogP contribution in [0.4, 0.5) is 0 Å². The van der Waals surface area contributed by atoms with Crippen LogP contribution in [0.2, 0.25) is 0 Å². The molecule has 0 saturated heterocycles. The number of primary amides is 1. The zero-order valence-electron chi connectivity index (χ0n) is 7.53. The van der Waals surface area contributed by atoms with Gasteiger partial charge in [-0.2, -0.15) is 0 Å². The summed E-state index contributed by atoms with van der Waals surface area (Å²) >= 11 is 0. The van der Waals surface area contributed by atoms with E-state index in [9.17, 15) is 9.59 Å². The number of benzene rings is 1. The number of carbonyl (C=O) groups is 1. The minimum Gasteiger partial charge on any atom is -0.493 e. The first-order chi connectivity index (χ1) is 6.72. The highest BCUT2D eigenvalue weighted by Gasteiger charge is 1.97. The minimum absolute atomic E-state index is 0.182. The highest BCUT2D eigenvalue weighted by molar-refractivity contribution is 5.75. The first-order valence-electron chi connectivity index (χ1n) is 4.11. The van der Waals surface area contributed by atoms with Gasteiger partial charge >= 0.3 is 0 Å². The summed E-state index contributed by atoms with van der Waals surface area (Å²) in [6.45, 7) is 0.249. The second kappa shape index (κ2) is 5.01. The fraction of sp³-hybridized carbons (Fsp3) is 0.200. The zero-order valence-corrected chi connectivity index (χ0v) is 7.53. The molecule has 0 fully saturated rings. The lowest BCUT2D eigenvalue weighted by Crippen LogP contribution is -2.14. The third-order valence-electron chi connectivity index (χ3n) is 1.59. The molecular weight excluding hydrogens is 182 g/mol. The second-order valence-electron chi connectivity index (χ2n) is 2.69. The van der Waals surface area contributed by atoms with Crippen LogP contribution >= 0.6 is 0 Å². The van der Waals surface area contributed by atoms with Crippen LogP contribution in [0.15, 0.2) is 24.3 Å². The summed E-state index contributed by atoms with van der Waals surface area (Å²) in [6.07, 6.45) is 1.93. The molecule has 0 aliphatic rings. The maximum Gasteiger partial charge on any atom is 0.233 e. The van der Waals surface area contributed by atoms with Crippen molar-refractivity contribution in [3.63, 3.8) is 0 Å². The van der Waals surface area contributed by atoms with Gasteiger partial charge < -0.3 is 10.5 Å². The van der Waals surface area contributed by atoms with Crippen LogP contribution < -0.4 is 10.5 Å². The van der Waals surface area contributed by atoms with E-state index in [2.05, 4.69) is 0 Å². The summed E-state index contributed by atoms with van der Waals surface area (Å²) < 4.78 is 5.19. The third kappa shape index (κ3) is 3.26. The van der Waals surface area contributed by atoms with Crippen LogP contribution in [0.3, 0.4) is 0 Å². The van der Waals surface area contributed by atoms with Gasteiger partial charge in [-0.3, -0.25) is 9.59 Å². The normalized spacial score (nSPS) is 9.43. The average molecular weight is 192 g/mol. The summed E-state index contributed by atoms with van der Waals surface area (Å²) in [5.41, 5.74) is 5.40. The monoisotopic (exact) mass is 192 g/mol. The summed E-state index contributed by atoms with van der Waals surface area (Å²) in [4.78, 5) is 20.6. The van der Waals surface area contributed by atoms with E-state index in [1.807, 2.05) is 0 Å². The van der Waals surface area contributed by atoms with Crippen molar-refractivity contribution in [2.45, 2.75) is 6.42 Å². The van der Waals surface area contributed by atoms with Gasteiger partial charge in [-0.05, 0) is 24.3 Å². The van der Waals surface area contributed by atoms with Crippen molar-refractivity contribution in [2.24, 2.45) is 5.73 Å². The Balaban J connectivity index is 2.43. The van der Waals surface area contributed by atoms with Gasteiger partial charge in [0.15, 0.2) is 0 Å². The molecule has 4 heteroatoms. The number of carbonyl (C=O) groups excluding carboxylic acids is 2. The molecule has 1 aromatic carbocycles. The maximum absolute atomic E-state index is 10.4. The second-order valence-corrected chi connectivity index (χ2v) is 2.69. The van der Waals surface area contributed by atoms with E-state index >= 15 is 0 Å². The largest absolute Gasteiger partial charge is 0.493 e. The van der Waals surface area contributed by atoms with E-state index in [1.165, 1.54) is 0 Å². The summed E-state index contributed by atoms with van der Waals surface area (Å²) in [5, 5.41) is 0. The molecule has 1 amide bonds. The number of ether oxygens (including phenoxy) is 1. The molecule has 0 aromatic heterocycles. The van der Waals surface area contributed by atoms with E-state index in [0.29, 0.717) is 11.3 Å². The molecule has 0 spiro atoms. The predicted octanol–water partition coefficient (Wildman–Crippen LogP) is 0.399. The molecule has 4 nitrogen and oxygen atoms in total. The molecule has 0 atom stereocenters. The highest BCUT2D eigenvalue weighted by Crippen LogP contribution is 2.10. The first-order valence-corrected chi connectivity index (χ1v) is 4.11. The Hall–Kier alpha value is -1.84. The van der Waals surface area contributed by atoms with Gasteiger partial charge in [0.2, 0.25) is 12.2 Å². The Labute approximate surface area is 81.7 Å². The van der Waals surface area contributed by atoms with Crippen LogP contribution in [0, 0.1) is 0 Å². The summed E-state index contributed by atoms with van der Waals surface area (Å²) in [5.74, 6) is 0.202. The van der Waals surface area contributed by atoms with Crippen molar-refractivity contribution < 1.29 is 14.3 Å². The molecule has 0 saturated carbocycles. The van der Waals surface area contributed by atoms with Crippen molar-refractivity contribution in [2.75, 3.05) is 6.61 Å². The quantitative estimate of drug-likeness (QED) is 0.734. The van der Waals surface area contributed by atoms with Gasteiger partial charge in [-0.15, -0.1) is 0 Å². The van der Waals surface area contributed by atoms with Crippen LogP contribution in [-0.2, 0) is 9.59 Å². The Morgan fingerprint density at radius 1 is 1.36 bits per heavy atom. The van der Waals surface area contributed by atoms with Gasteiger partial charge in [0.25, 0.3) is 0 Å². The molecule has 0 aliphatic carbocycles. The van der Waals surface area contributed by atoms with E-state index in [1.54, 1.807) is 30.6 Å². The number of rotatable bonds is 5. The van der Waals surface area contributed by atoms with Gasteiger partial charge in [0, 0.05) is 5.56 Å². The lowest BCUT2D eigenvalue weighted by atomic mass is 10.2.